The molecule has 0 bridgehead atoms. The van der Waals surface area contributed by atoms with Crippen LogP contribution >= 0.6 is 0 Å². The van der Waals surface area contributed by atoms with Crippen molar-refractivity contribution in [1.82, 2.24) is 15.7 Å². The lowest BCUT2D eigenvalue weighted by Crippen LogP contribution is -2.29. The fourth-order valence-electron chi connectivity index (χ4n) is 2.66. The quantitative estimate of drug-likeness (QED) is 0.242. The molecule has 10 heteroatoms. The zero-order chi connectivity index (χ0) is 24.2. The Morgan fingerprint density at radius 2 is 1.74 bits per heavy atom. The first-order valence-corrected chi connectivity index (χ1v) is 10.2. The number of halogens is 1. The Kier molecular flexibility index (Phi) is 8.80. The predicted octanol–water partition coefficient (Wildman–Crippen LogP) is 2.39. The second-order valence-electron chi connectivity index (χ2n) is 7.02. The third-order valence-corrected chi connectivity index (χ3v) is 4.31. The number of ether oxygens (including phenoxy) is 1. The normalized spacial score (nSPS) is 10.5. The van der Waals surface area contributed by atoms with Crippen LogP contribution < -0.4 is 20.8 Å². The summed E-state index contributed by atoms with van der Waals surface area (Å²) in [6, 6.07) is 15.6. The summed E-state index contributed by atoms with van der Waals surface area (Å²) in [6.45, 7) is 0.0647. The van der Waals surface area contributed by atoms with E-state index in [1.54, 1.807) is 42.7 Å². The van der Waals surface area contributed by atoms with Crippen molar-refractivity contribution in [3.63, 3.8) is 0 Å². The second-order valence-corrected chi connectivity index (χ2v) is 7.02. The summed E-state index contributed by atoms with van der Waals surface area (Å²) in [6.07, 6.45) is 4.32. The van der Waals surface area contributed by atoms with Gasteiger partial charge in [-0.3, -0.25) is 19.4 Å². The molecule has 0 atom stereocenters. The molecule has 3 amide bonds. The van der Waals surface area contributed by atoms with Crippen LogP contribution in [0.1, 0.15) is 17.5 Å². The molecule has 0 saturated heterocycles. The topological polar surface area (TPSA) is 122 Å². The predicted molar refractivity (Wildman–Crippen MR) is 123 cm³/mol. The maximum absolute atomic E-state index is 12.9. The molecule has 9 nitrogen and oxygen atoms in total. The number of aromatic nitrogens is 1. The molecule has 174 valence electrons. The number of benzene rings is 2. The van der Waals surface area contributed by atoms with Gasteiger partial charge >= 0.3 is 0 Å². The Morgan fingerprint density at radius 3 is 2.44 bits per heavy atom. The van der Waals surface area contributed by atoms with Crippen LogP contribution in [0, 0.1) is 5.82 Å². The summed E-state index contributed by atoms with van der Waals surface area (Å²) in [5.74, 6) is -1.29. The number of carbonyl (C=O) groups is 3. The van der Waals surface area contributed by atoms with Gasteiger partial charge in [0.2, 0.25) is 11.8 Å². The number of pyridine rings is 1. The number of rotatable bonds is 10. The molecule has 0 aliphatic carbocycles. The standard InChI is InChI=1S/C24H22FN5O4/c25-19-5-7-20(8-6-19)29-24(33)16-34-21-9-3-17(4-10-21)15-28-30-23(32)12-22(31)27-14-18-2-1-11-26-13-18/h1-11,13,15H,12,14,16H2,(H,27,31)(H,29,33)(H,30,32)/b28-15+. The lowest BCUT2D eigenvalue weighted by Gasteiger charge is -2.07. The van der Waals surface area contributed by atoms with Gasteiger partial charge in [0.1, 0.15) is 18.0 Å². The lowest BCUT2D eigenvalue weighted by atomic mass is 10.2. The van der Waals surface area contributed by atoms with E-state index in [2.05, 4.69) is 26.1 Å². The summed E-state index contributed by atoms with van der Waals surface area (Å²) in [7, 11) is 0. The minimum absolute atomic E-state index is 0.219. The van der Waals surface area contributed by atoms with Crippen molar-refractivity contribution in [2.45, 2.75) is 13.0 Å². The first kappa shape index (κ1) is 24.1. The Hall–Kier alpha value is -4.60. The fourth-order valence-corrected chi connectivity index (χ4v) is 2.66. The molecule has 3 rings (SSSR count). The molecule has 3 N–H and O–H groups in total. The molecule has 0 fully saturated rings. The van der Waals surface area contributed by atoms with Gasteiger partial charge in [0.15, 0.2) is 6.61 Å². The van der Waals surface area contributed by atoms with Crippen LogP contribution in [0.5, 0.6) is 5.75 Å². The molecular weight excluding hydrogens is 441 g/mol. The molecule has 0 aliphatic rings. The minimum Gasteiger partial charge on any atom is -0.484 e. The van der Waals surface area contributed by atoms with Gasteiger partial charge in [-0.1, -0.05) is 6.07 Å². The number of nitrogens with one attached hydrogen (secondary N) is 3. The zero-order valence-electron chi connectivity index (χ0n) is 18.0. The van der Waals surface area contributed by atoms with Crippen LogP contribution in [-0.2, 0) is 20.9 Å². The summed E-state index contributed by atoms with van der Waals surface area (Å²) < 4.78 is 18.3. The molecule has 3 aromatic rings. The summed E-state index contributed by atoms with van der Waals surface area (Å²) in [5.41, 5.74) is 4.26. The van der Waals surface area contributed by atoms with Crippen LogP contribution in [0.4, 0.5) is 10.1 Å². The number of hydrazone groups is 1. The molecule has 1 heterocycles. The van der Waals surface area contributed by atoms with Crippen LogP contribution in [0.25, 0.3) is 0 Å². The van der Waals surface area contributed by atoms with Crippen molar-refractivity contribution in [2.24, 2.45) is 5.10 Å². The van der Waals surface area contributed by atoms with E-state index in [4.69, 9.17) is 4.74 Å². The van der Waals surface area contributed by atoms with Crippen molar-refractivity contribution in [3.8, 4) is 5.75 Å². The maximum atomic E-state index is 12.9. The highest BCUT2D eigenvalue weighted by Gasteiger charge is 2.08. The van der Waals surface area contributed by atoms with E-state index in [0.29, 0.717) is 17.0 Å². The number of hydrogen-bond donors (Lipinski definition) is 3. The van der Waals surface area contributed by atoms with E-state index in [1.165, 1.54) is 30.5 Å². The van der Waals surface area contributed by atoms with Crippen molar-refractivity contribution in [1.29, 1.82) is 0 Å². The molecule has 0 spiro atoms. The van der Waals surface area contributed by atoms with Crippen LogP contribution in [0.2, 0.25) is 0 Å². The lowest BCUT2D eigenvalue weighted by molar-refractivity contribution is -0.129. The fraction of sp³-hybridized carbons (Fsp3) is 0.125. The van der Waals surface area contributed by atoms with E-state index >= 15 is 0 Å². The van der Waals surface area contributed by atoms with Gasteiger partial charge in [-0.25, -0.2) is 9.82 Å². The molecule has 0 aliphatic heterocycles. The highest BCUT2D eigenvalue weighted by Crippen LogP contribution is 2.12. The molecule has 0 radical (unpaired) electrons. The van der Waals surface area contributed by atoms with Gasteiger partial charge < -0.3 is 15.4 Å². The summed E-state index contributed by atoms with van der Waals surface area (Å²) >= 11 is 0. The second kappa shape index (κ2) is 12.4. The molecular formula is C24H22FN5O4. The number of amides is 3. The average molecular weight is 463 g/mol. The number of nitrogens with zero attached hydrogens (tertiary/aromatic N) is 2. The Balaban J connectivity index is 1.35. The zero-order valence-corrected chi connectivity index (χ0v) is 18.0. The van der Waals surface area contributed by atoms with Gasteiger partial charge in [-0.15, -0.1) is 0 Å². The first-order chi connectivity index (χ1) is 16.5. The minimum atomic E-state index is -0.549. The van der Waals surface area contributed by atoms with Gasteiger partial charge in [-0.05, 0) is 65.7 Å². The average Bonchev–Trinajstić information content (AvgIpc) is 2.84. The van der Waals surface area contributed by atoms with Crippen molar-refractivity contribution in [2.75, 3.05) is 11.9 Å². The third kappa shape index (κ3) is 8.50. The van der Waals surface area contributed by atoms with E-state index in [9.17, 15) is 18.8 Å². The Morgan fingerprint density at radius 1 is 0.971 bits per heavy atom. The van der Waals surface area contributed by atoms with Crippen LogP contribution in [0.15, 0.2) is 78.2 Å². The molecule has 2 aromatic carbocycles. The summed E-state index contributed by atoms with van der Waals surface area (Å²) in [4.78, 5) is 39.5. The van der Waals surface area contributed by atoms with Gasteiger partial charge in [0.25, 0.3) is 5.91 Å². The largest absolute Gasteiger partial charge is 0.484 e. The first-order valence-electron chi connectivity index (χ1n) is 10.2. The number of anilines is 1. The van der Waals surface area contributed by atoms with E-state index < -0.39 is 11.8 Å². The molecule has 0 saturated carbocycles. The molecule has 34 heavy (non-hydrogen) atoms. The smallest absolute Gasteiger partial charge is 0.262 e. The SMILES string of the molecule is O=C(CC(=O)N/N=C/c1ccc(OCC(=O)Nc2ccc(F)cc2)cc1)NCc1cccnc1. The van der Waals surface area contributed by atoms with E-state index in [-0.39, 0.29) is 31.3 Å². The van der Waals surface area contributed by atoms with Crippen LogP contribution in [0.3, 0.4) is 0 Å². The van der Waals surface area contributed by atoms with Crippen LogP contribution in [-0.4, -0.2) is 35.5 Å². The maximum Gasteiger partial charge on any atom is 0.262 e. The Bertz CT molecular complexity index is 1140. The Labute approximate surface area is 195 Å². The van der Waals surface area contributed by atoms with Gasteiger partial charge in [0, 0.05) is 24.6 Å². The third-order valence-electron chi connectivity index (χ3n) is 4.31. The summed E-state index contributed by atoms with van der Waals surface area (Å²) in [5, 5.41) is 9.05. The van der Waals surface area contributed by atoms with Crippen molar-refractivity contribution >= 4 is 29.6 Å². The highest BCUT2D eigenvalue weighted by atomic mass is 19.1. The van der Waals surface area contributed by atoms with Gasteiger partial charge in [0.05, 0.1) is 6.21 Å². The van der Waals surface area contributed by atoms with Crippen molar-refractivity contribution < 1.29 is 23.5 Å². The highest BCUT2D eigenvalue weighted by molar-refractivity contribution is 5.97. The number of carbonyl (C=O) groups excluding carboxylic acids is 3. The molecule has 1 aromatic heterocycles. The number of hydrogen-bond acceptors (Lipinski definition) is 6. The van der Waals surface area contributed by atoms with E-state index in [1.807, 2.05) is 6.07 Å². The van der Waals surface area contributed by atoms with E-state index in [0.717, 1.165) is 5.56 Å². The monoisotopic (exact) mass is 463 g/mol. The van der Waals surface area contributed by atoms with Gasteiger partial charge in [-0.2, -0.15) is 5.10 Å². The molecule has 0 unspecified atom stereocenters. The van der Waals surface area contributed by atoms with Crippen molar-refractivity contribution in [3.05, 3.63) is 90.0 Å².